The lowest BCUT2D eigenvalue weighted by Gasteiger charge is -2.11. The van der Waals surface area contributed by atoms with Gasteiger partial charge in [-0.25, -0.2) is 4.39 Å². The molecule has 0 amide bonds. The minimum absolute atomic E-state index is 0.0582. The van der Waals surface area contributed by atoms with Crippen molar-refractivity contribution < 1.29 is 9.13 Å². The number of ether oxygens (including phenoxy) is 1. The monoisotopic (exact) mass is 309 g/mol. The molecule has 0 aliphatic heterocycles. The number of hydrogen-bond acceptors (Lipinski definition) is 2. The molecule has 2 aromatic rings. The normalized spacial score (nSPS) is 10.2. The summed E-state index contributed by atoms with van der Waals surface area (Å²) in [5.74, 6) is -0.293. The van der Waals surface area contributed by atoms with Crippen LogP contribution in [0, 0.1) is 17.1 Å². The van der Waals surface area contributed by atoms with Crippen molar-refractivity contribution in [2.24, 2.45) is 0 Å². The zero-order valence-electron chi connectivity index (χ0n) is 10.6. The van der Waals surface area contributed by atoms with Crippen LogP contribution in [-0.2, 0) is 6.42 Å². The summed E-state index contributed by atoms with van der Waals surface area (Å²) in [7, 11) is 0. The van der Waals surface area contributed by atoms with Crippen molar-refractivity contribution >= 4 is 23.2 Å². The molecule has 0 saturated heterocycles. The van der Waals surface area contributed by atoms with Gasteiger partial charge in [-0.2, -0.15) is 5.26 Å². The van der Waals surface area contributed by atoms with Gasteiger partial charge in [0.2, 0.25) is 0 Å². The van der Waals surface area contributed by atoms with Crippen molar-refractivity contribution in [1.82, 2.24) is 0 Å². The van der Waals surface area contributed by atoms with Gasteiger partial charge in [0, 0.05) is 5.02 Å². The molecule has 0 atom stereocenters. The van der Waals surface area contributed by atoms with Gasteiger partial charge in [-0.05, 0) is 36.2 Å². The van der Waals surface area contributed by atoms with Crippen LogP contribution in [0.3, 0.4) is 0 Å². The van der Waals surface area contributed by atoms with Gasteiger partial charge < -0.3 is 4.74 Å². The number of nitriles is 1. The molecule has 0 heterocycles. The Morgan fingerprint density at radius 2 is 2.00 bits per heavy atom. The Bertz CT molecular complexity index is 695. The summed E-state index contributed by atoms with van der Waals surface area (Å²) in [6, 6.07) is 9.61. The lowest BCUT2D eigenvalue weighted by atomic mass is 10.1. The molecule has 0 aliphatic rings. The van der Waals surface area contributed by atoms with Gasteiger partial charge in [0.05, 0.1) is 16.7 Å². The Labute approximate surface area is 126 Å². The second-order valence-corrected chi connectivity index (χ2v) is 4.94. The predicted octanol–water partition coefficient (Wildman–Crippen LogP) is 5.36. The minimum Gasteiger partial charge on any atom is -0.453 e. The second-order valence-electron chi connectivity index (χ2n) is 4.09. The van der Waals surface area contributed by atoms with E-state index in [1.807, 2.05) is 13.0 Å². The second kappa shape index (κ2) is 6.13. The first-order valence-corrected chi connectivity index (χ1v) is 6.66. The average molecular weight is 310 g/mol. The minimum atomic E-state index is -0.501. The fourth-order valence-corrected chi connectivity index (χ4v) is 2.15. The molecular weight excluding hydrogens is 300 g/mol. The highest BCUT2D eigenvalue weighted by Crippen LogP contribution is 2.35. The molecular formula is C15H10Cl2FNO. The summed E-state index contributed by atoms with van der Waals surface area (Å²) < 4.78 is 19.7. The maximum Gasteiger partial charge on any atom is 0.181 e. The molecule has 20 heavy (non-hydrogen) atoms. The number of rotatable bonds is 3. The summed E-state index contributed by atoms with van der Waals surface area (Å²) in [6.45, 7) is 1.84. The van der Waals surface area contributed by atoms with E-state index >= 15 is 0 Å². The molecule has 102 valence electrons. The predicted molar refractivity (Wildman–Crippen MR) is 77.0 cm³/mol. The van der Waals surface area contributed by atoms with Crippen LogP contribution in [0.5, 0.6) is 11.5 Å². The maximum absolute atomic E-state index is 14.2. The van der Waals surface area contributed by atoms with Gasteiger partial charge in [0.25, 0.3) is 0 Å². The third-order valence-electron chi connectivity index (χ3n) is 2.73. The van der Waals surface area contributed by atoms with Crippen molar-refractivity contribution in [1.29, 1.82) is 5.26 Å². The first-order valence-electron chi connectivity index (χ1n) is 5.90. The summed E-state index contributed by atoms with van der Waals surface area (Å²) in [6.07, 6.45) is 0.526. The fourth-order valence-electron chi connectivity index (χ4n) is 1.74. The smallest absolute Gasteiger partial charge is 0.181 e. The van der Waals surface area contributed by atoms with E-state index in [4.69, 9.17) is 33.2 Å². The largest absolute Gasteiger partial charge is 0.453 e. The van der Waals surface area contributed by atoms with Gasteiger partial charge in [-0.15, -0.1) is 0 Å². The molecule has 2 rings (SSSR count). The molecule has 0 aromatic heterocycles. The molecule has 0 unspecified atom stereocenters. The Hall–Kier alpha value is -1.76. The van der Waals surface area contributed by atoms with Crippen LogP contribution in [0.25, 0.3) is 0 Å². The van der Waals surface area contributed by atoms with E-state index in [-0.39, 0.29) is 16.5 Å². The van der Waals surface area contributed by atoms with Gasteiger partial charge in [-0.3, -0.25) is 0 Å². The zero-order chi connectivity index (χ0) is 14.7. The van der Waals surface area contributed by atoms with Crippen LogP contribution in [0.1, 0.15) is 18.1 Å². The van der Waals surface area contributed by atoms with Crippen molar-refractivity contribution in [2.75, 3.05) is 0 Å². The fraction of sp³-hybridized carbons (Fsp3) is 0.133. The lowest BCUT2D eigenvalue weighted by Crippen LogP contribution is -1.95. The van der Waals surface area contributed by atoms with Gasteiger partial charge >= 0.3 is 0 Å². The van der Waals surface area contributed by atoms with Gasteiger partial charge in [-0.1, -0.05) is 36.2 Å². The quantitative estimate of drug-likeness (QED) is 0.764. The first kappa shape index (κ1) is 14.6. The number of hydrogen-bond donors (Lipinski definition) is 0. The van der Waals surface area contributed by atoms with E-state index in [0.717, 1.165) is 0 Å². The lowest BCUT2D eigenvalue weighted by molar-refractivity contribution is 0.439. The van der Waals surface area contributed by atoms with Crippen LogP contribution in [-0.4, -0.2) is 0 Å². The molecule has 5 heteroatoms. The molecule has 0 N–H and O–H groups in total. The van der Waals surface area contributed by atoms with E-state index in [1.54, 1.807) is 12.1 Å². The number of halogens is 3. The van der Waals surface area contributed by atoms with E-state index in [0.29, 0.717) is 22.6 Å². The number of aryl methyl sites for hydroxylation is 1. The number of nitrogens with zero attached hydrogens (tertiary/aromatic N) is 1. The van der Waals surface area contributed by atoms with Crippen molar-refractivity contribution in [3.05, 3.63) is 57.3 Å². The first-order chi connectivity index (χ1) is 9.55. The van der Waals surface area contributed by atoms with E-state index in [1.165, 1.54) is 18.2 Å². The van der Waals surface area contributed by atoms with Gasteiger partial charge in [0.15, 0.2) is 11.6 Å². The van der Waals surface area contributed by atoms with Crippen LogP contribution < -0.4 is 4.74 Å². The molecule has 0 saturated carbocycles. The SMILES string of the molecule is CCc1ccc(Cl)c(Oc2cc(Cl)cc(C#N)c2)c1F. The molecule has 2 nitrogen and oxygen atoms in total. The third-order valence-corrected chi connectivity index (χ3v) is 3.25. The summed E-state index contributed by atoms with van der Waals surface area (Å²) >= 11 is 11.8. The van der Waals surface area contributed by atoms with Crippen LogP contribution in [0.4, 0.5) is 4.39 Å². The van der Waals surface area contributed by atoms with Crippen molar-refractivity contribution in [2.45, 2.75) is 13.3 Å². The zero-order valence-corrected chi connectivity index (χ0v) is 12.1. The highest BCUT2D eigenvalue weighted by molar-refractivity contribution is 6.32. The Morgan fingerprint density at radius 1 is 1.25 bits per heavy atom. The molecule has 2 aromatic carbocycles. The third kappa shape index (κ3) is 3.04. The van der Waals surface area contributed by atoms with Crippen LogP contribution in [0.15, 0.2) is 30.3 Å². The standard InChI is InChI=1S/C15H10Cl2FNO/c1-2-10-3-4-13(17)15(14(10)18)20-12-6-9(8-19)5-11(16)7-12/h3-7H,2H2,1H3. The van der Waals surface area contributed by atoms with Crippen LogP contribution >= 0.6 is 23.2 Å². The molecule has 0 spiro atoms. The highest BCUT2D eigenvalue weighted by atomic mass is 35.5. The molecule has 0 radical (unpaired) electrons. The Balaban J connectivity index is 2.45. The summed E-state index contributed by atoms with van der Waals surface area (Å²) in [5.41, 5.74) is 0.836. The van der Waals surface area contributed by atoms with E-state index < -0.39 is 5.82 Å². The maximum atomic E-state index is 14.2. The Kier molecular flexibility index (Phi) is 4.49. The average Bonchev–Trinajstić information content (AvgIpc) is 2.43. The molecule has 0 aliphatic carbocycles. The summed E-state index contributed by atoms with van der Waals surface area (Å²) in [5, 5.41) is 9.38. The van der Waals surface area contributed by atoms with Crippen LogP contribution in [0.2, 0.25) is 10.0 Å². The molecule has 0 fully saturated rings. The topological polar surface area (TPSA) is 33.0 Å². The Morgan fingerprint density at radius 3 is 2.65 bits per heavy atom. The highest BCUT2D eigenvalue weighted by Gasteiger charge is 2.14. The van der Waals surface area contributed by atoms with E-state index in [9.17, 15) is 4.39 Å². The van der Waals surface area contributed by atoms with Crippen molar-refractivity contribution in [3.8, 4) is 17.6 Å². The number of benzene rings is 2. The van der Waals surface area contributed by atoms with E-state index in [2.05, 4.69) is 0 Å². The summed E-state index contributed by atoms with van der Waals surface area (Å²) in [4.78, 5) is 0. The van der Waals surface area contributed by atoms with Crippen molar-refractivity contribution in [3.63, 3.8) is 0 Å². The molecule has 0 bridgehead atoms. The van der Waals surface area contributed by atoms with Gasteiger partial charge in [0.1, 0.15) is 5.75 Å².